The molecule has 1 amide bonds. The molecule has 0 unspecified atom stereocenters. The maximum Gasteiger partial charge on any atom is 0.244 e. The molecular formula is C21H19BrN2O3. The number of halogens is 1. The maximum atomic E-state index is 12.3. The fraction of sp³-hybridized carbons (Fsp3) is 0.143. The standard InChI is InChI=1S/C21H19BrN2O3/c1-12-9-19(25)13(2)21(27)17(12)11-23-24-20(26)10-14-7-8-18(22)16-6-4-3-5-15(14)16/h3-9,11,25,27H,10H2,1-2H3,(H,24,26). The normalized spacial score (nSPS) is 11.2. The van der Waals surface area contributed by atoms with E-state index in [1.165, 1.54) is 6.21 Å². The van der Waals surface area contributed by atoms with Crippen LogP contribution in [0.25, 0.3) is 10.8 Å². The monoisotopic (exact) mass is 426 g/mol. The molecule has 27 heavy (non-hydrogen) atoms. The number of nitrogens with one attached hydrogen (secondary N) is 1. The van der Waals surface area contributed by atoms with Crippen LogP contribution in [-0.2, 0) is 11.2 Å². The molecule has 0 aliphatic carbocycles. The van der Waals surface area contributed by atoms with Gasteiger partial charge in [0.15, 0.2) is 0 Å². The Labute approximate surface area is 165 Å². The van der Waals surface area contributed by atoms with Gasteiger partial charge in [-0.15, -0.1) is 0 Å². The van der Waals surface area contributed by atoms with E-state index >= 15 is 0 Å². The topological polar surface area (TPSA) is 81.9 Å². The molecule has 0 aromatic heterocycles. The number of hydrogen-bond acceptors (Lipinski definition) is 4. The van der Waals surface area contributed by atoms with Crippen LogP contribution < -0.4 is 5.43 Å². The van der Waals surface area contributed by atoms with Crippen LogP contribution in [0.4, 0.5) is 0 Å². The molecule has 3 N–H and O–H groups in total. The van der Waals surface area contributed by atoms with Crippen LogP contribution in [0.1, 0.15) is 22.3 Å². The van der Waals surface area contributed by atoms with E-state index in [2.05, 4.69) is 26.5 Å². The SMILES string of the molecule is Cc1cc(O)c(C)c(O)c1C=NNC(=O)Cc1ccc(Br)c2ccccc12. The van der Waals surface area contributed by atoms with Gasteiger partial charge in [-0.25, -0.2) is 5.43 Å². The largest absolute Gasteiger partial charge is 0.508 e. The van der Waals surface area contributed by atoms with Crippen molar-refractivity contribution in [3.8, 4) is 11.5 Å². The van der Waals surface area contributed by atoms with E-state index < -0.39 is 0 Å². The number of aryl methyl sites for hydroxylation is 1. The first-order chi connectivity index (χ1) is 12.9. The Morgan fingerprint density at radius 1 is 1.15 bits per heavy atom. The highest BCUT2D eigenvalue weighted by atomic mass is 79.9. The third-order valence-electron chi connectivity index (χ3n) is 4.47. The van der Waals surface area contributed by atoms with Crippen molar-refractivity contribution in [2.45, 2.75) is 20.3 Å². The number of carbonyl (C=O) groups excluding carboxylic acids is 1. The van der Waals surface area contributed by atoms with Gasteiger partial charge in [-0.3, -0.25) is 4.79 Å². The van der Waals surface area contributed by atoms with E-state index in [4.69, 9.17) is 0 Å². The molecule has 0 atom stereocenters. The highest BCUT2D eigenvalue weighted by Crippen LogP contribution is 2.31. The number of aromatic hydroxyl groups is 2. The molecule has 0 aliphatic rings. The molecule has 0 spiro atoms. The Morgan fingerprint density at radius 2 is 1.85 bits per heavy atom. The van der Waals surface area contributed by atoms with Crippen LogP contribution in [0, 0.1) is 13.8 Å². The first kappa shape index (κ1) is 18.9. The first-order valence-corrected chi connectivity index (χ1v) is 9.18. The van der Waals surface area contributed by atoms with Gasteiger partial charge in [0.25, 0.3) is 0 Å². The van der Waals surface area contributed by atoms with Crippen molar-refractivity contribution in [3.05, 3.63) is 69.2 Å². The zero-order valence-corrected chi connectivity index (χ0v) is 16.5. The number of carbonyl (C=O) groups is 1. The van der Waals surface area contributed by atoms with Crippen molar-refractivity contribution in [1.29, 1.82) is 0 Å². The Hall–Kier alpha value is -2.86. The Bertz CT molecular complexity index is 1060. The molecule has 0 radical (unpaired) electrons. The molecule has 3 rings (SSSR count). The van der Waals surface area contributed by atoms with Crippen LogP contribution in [0.5, 0.6) is 11.5 Å². The summed E-state index contributed by atoms with van der Waals surface area (Å²) in [6.07, 6.45) is 1.57. The fourth-order valence-electron chi connectivity index (χ4n) is 2.92. The summed E-state index contributed by atoms with van der Waals surface area (Å²) in [7, 11) is 0. The lowest BCUT2D eigenvalue weighted by atomic mass is 10.0. The molecule has 0 saturated heterocycles. The quantitative estimate of drug-likeness (QED) is 0.429. The highest BCUT2D eigenvalue weighted by Gasteiger charge is 2.11. The van der Waals surface area contributed by atoms with Crippen LogP contribution >= 0.6 is 15.9 Å². The second-order valence-electron chi connectivity index (χ2n) is 6.32. The average Bonchev–Trinajstić information content (AvgIpc) is 2.65. The number of hydrogen-bond donors (Lipinski definition) is 3. The predicted molar refractivity (Wildman–Crippen MR) is 110 cm³/mol. The van der Waals surface area contributed by atoms with Crippen molar-refractivity contribution in [3.63, 3.8) is 0 Å². The Morgan fingerprint density at radius 3 is 2.59 bits per heavy atom. The van der Waals surface area contributed by atoms with Crippen molar-refractivity contribution >= 4 is 38.8 Å². The van der Waals surface area contributed by atoms with Crippen LogP contribution in [0.15, 0.2) is 52.0 Å². The minimum absolute atomic E-state index is 0.0216. The van der Waals surface area contributed by atoms with Crippen LogP contribution in [0.3, 0.4) is 0 Å². The molecule has 0 bridgehead atoms. The number of nitrogens with zero attached hydrogens (tertiary/aromatic N) is 1. The molecule has 0 saturated carbocycles. The van der Waals surface area contributed by atoms with E-state index in [0.29, 0.717) is 16.7 Å². The number of hydrazone groups is 1. The minimum Gasteiger partial charge on any atom is -0.508 e. The molecule has 138 valence electrons. The summed E-state index contributed by atoms with van der Waals surface area (Å²) in [6, 6.07) is 13.3. The Kier molecular flexibility index (Phi) is 5.46. The zero-order valence-electron chi connectivity index (χ0n) is 15.0. The van der Waals surface area contributed by atoms with Gasteiger partial charge >= 0.3 is 0 Å². The van der Waals surface area contributed by atoms with Crippen LogP contribution in [0.2, 0.25) is 0 Å². The summed E-state index contributed by atoms with van der Waals surface area (Å²) in [5.41, 5.74) is 4.88. The van der Waals surface area contributed by atoms with Gasteiger partial charge in [0, 0.05) is 15.6 Å². The van der Waals surface area contributed by atoms with Crippen molar-refractivity contribution in [2.24, 2.45) is 5.10 Å². The third kappa shape index (κ3) is 3.95. The van der Waals surface area contributed by atoms with Gasteiger partial charge < -0.3 is 10.2 Å². The number of benzene rings is 3. The van der Waals surface area contributed by atoms with Crippen LogP contribution in [-0.4, -0.2) is 22.3 Å². The second kappa shape index (κ2) is 7.80. The number of amides is 1. The summed E-state index contributed by atoms with van der Waals surface area (Å²) in [5.74, 6) is -0.288. The molecule has 0 aliphatic heterocycles. The predicted octanol–water partition coefficient (Wildman–Crippen LogP) is 4.32. The molecule has 5 nitrogen and oxygen atoms in total. The summed E-state index contributed by atoms with van der Waals surface area (Å²) < 4.78 is 0.980. The van der Waals surface area contributed by atoms with Gasteiger partial charge in [0.1, 0.15) is 11.5 Å². The van der Waals surface area contributed by atoms with Gasteiger partial charge in [-0.05, 0) is 47.9 Å². The van der Waals surface area contributed by atoms with E-state index in [9.17, 15) is 15.0 Å². The van der Waals surface area contributed by atoms with Gasteiger partial charge in [0.05, 0.1) is 12.6 Å². The Balaban J connectivity index is 1.76. The summed E-state index contributed by atoms with van der Waals surface area (Å²) >= 11 is 3.52. The fourth-order valence-corrected chi connectivity index (χ4v) is 3.40. The molecular weight excluding hydrogens is 408 g/mol. The van der Waals surface area contributed by atoms with E-state index in [1.54, 1.807) is 19.9 Å². The third-order valence-corrected chi connectivity index (χ3v) is 5.16. The van der Waals surface area contributed by atoms with Crippen molar-refractivity contribution < 1.29 is 15.0 Å². The smallest absolute Gasteiger partial charge is 0.244 e. The molecule has 3 aromatic rings. The lowest BCUT2D eigenvalue weighted by Crippen LogP contribution is -2.20. The van der Waals surface area contributed by atoms with Gasteiger partial charge in [-0.2, -0.15) is 5.10 Å². The number of phenols is 2. The van der Waals surface area contributed by atoms with E-state index in [0.717, 1.165) is 20.8 Å². The summed E-state index contributed by atoms with van der Waals surface area (Å²) in [6.45, 7) is 3.36. The van der Waals surface area contributed by atoms with E-state index in [-0.39, 0.29) is 23.8 Å². The molecule has 0 fully saturated rings. The molecule has 6 heteroatoms. The lowest BCUT2D eigenvalue weighted by molar-refractivity contribution is -0.120. The number of phenolic OH excluding ortho intramolecular Hbond substituents is 2. The van der Waals surface area contributed by atoms with Gasteiger partial charge in [0.2, 0.25) is 5.91 Å². The summed E-state index contributed by atoms with van der Waals surface area (Å²) in [4.78, 5) is 12.3. The summed E-state index contributed by atoms with van der Waals surface area (Å²) in [5, 5.41) is 25.9. The molecule has 0 heterocycles. The average molecular weight is 427 g/mol. The van der Waals surface area contributed by atoms with Crippen molar-refractivity contribution in [1.82, 2.24) is 5.43 Å². The second-order valence-corrected chi connectivity index (χ2v) is 7.18. The number of rotatable bonds is 4. The first-order valence-electron chi connectivity index (χ1n) is 8.38. The maximum absolute atomic E-state index is 12.3. The van der Waals surface area contributed by atoms with E-state index in [1.807, 2.05) is 36.4 Å². The lowest BCUT2D eigenvalue weighted by Gasteiger charge is -2.09. The highest BCUT2D eigenvalue weighted by molar-refractivity contribution is 9.10. The molecule has 3 aromatic carbocycles. The minimum atomic E-state index is -0.258. The zero-order chi connectivity index (χ0) is 19.6. The number of fused-ring (bicyclic) bond motifs is 1. The van der Waals surface area contributed by atoms with Gasteiger partial charge in [-0.1, -0.05) is 46.3 Å². The van der Waals surface area contributed by atoms with Crippen molar-refractivity contribution in [2.75, 3.05) is 0 Å².